The van der Waals surface area contributed by atoms with E-state index in [1.54, 1.807) is 0 Å². The molecule has 1 N–H and O–H groups in total. The second-order valence-electron chi connectivity index (χ2n) is 9.13. The minimum Gasteiger partial charge on any atom is -0.505 e. The predicted molar refractivity (Wildman–Crippen MR) is 141 cm³/mol. The second kappa shape index (κ2) is 7.84. The molecule has 0 saturated heterocycles. The van der Waals surface area contributed by atoms with Gasteiger partial charge >= 0.3 is 0 Å². The van der Waals surface area contributed by atoms with Crippen LogP contribution in [0.25, 0.3) is 38.5 Å². The summed E-state index contributed by atoms with van der Waals surface area (Å²) >= 11 is 0. The van der Waals surface area contributed by atoms with Gasteiger partial charge in [0.25, 0.3) is 0 Å². The quantitative estimate of drug-likeness (QED) is 0.298. The monoisotopic (exact) mass is 459 g/mol. The summed E-state index contributed by atoms with van der Waals surface area (Å²) in [6, 6.07) is 24.3. The molecule has 172 valence electrons. The van der Waals surface area contributed by atoms with E-state index in [4.69, 9.17) is 9.72 Å². The molecule has 0 saturated carbocycles. The number of para-hydroxylation sites is 1. The van der Waals surface area contributed by atoms with Gasteiger partial charge in [-0.15, -0.1) is 0 Å². The number of hydrogen-bond acceptors (Lipinski definition) is 4. The molecule has 0 aliphatic carbocycles. The van der Waals surface area contributed by atoms with E-state index in [1.807, 2.05) is 69.3 Å². The van der Waals surface area contributed by atoms with Crippen molar-refractivity contribution in [1.29, 1.82) is 0 Å². The van der Waals surface area contributed by atoms with Crippen molar-refractivity contribution in [2.75, 3.05) is 0 Å². The van der Waals surface area contributed by atoms with Gasteiger partial charge in [-0.25, -0.2) is 9.97 Å². The number of aromatic hydroxyl groups is 1. The molecule has 5 nitrogen and oxygen atoms in total. The molecule has 3 aromatic heterocycles. The van der Waals surface area contributed by atoms with Crippen molar-refractivity contribution >= 4 is 32.7 Å². The van der Waals surface area contributed by atoms with Gasteiger partial charge in [0, 0.05) is 34.0 Å². The number of hydrogen-bond donors (Lipinski definition) is 1. The molecule has 0 unspecified atom stereocenters. The first-order chi connectivity index (χ1) is 16.9. The van der Waals surface area contributed by atoms with Gasteiger partial charge in [-0.3, -0.25) is 4.57 Å². The lowest BCUT2D eigenvalue weighted by Crippen LogP contribution is -1.99. The molecule has 6 rings (SSSR count). The molecule has 0 fully saturated rings. The molecular weight excluding hydrogens is 434 g/mol. The van der Waals surface area contributed by atoms with Crippen LogP contribution in [-0.4, -0.2) is 19.6 Å². The predicted octanol–water partition coefficient (Wildman–Crippen LogP) is 7.46. The Labute approximate surface area is 203 Å². The summed E-state index contributed by atoms with van der Waals surface area (Å²) in [5, 5.41) is 13.8. The van der Waals surface area contributed by atoms with Gasteiger partial charge in [0.05, 0.1) is 11.0 Å². The fourth-order valence-electron chi connectivity index (χ4n) is 4.95. The van der Waals surface area contributed by atoms with E-state index in [9.17, 15) is 5.11 Å². The zero-order valence-corrected chi connectivity index (χ0v) is 20.1. The Hall–Kier alpha value is -4.38. The maximum Gasteiger partial charge on any atom is 0.219 e. The molecule has 3 aromatic carbocycles. The van der Waals surface area contributed by atoms with E-state index in [0.29, 0.717) is 17.1 Å². The number of benzene rings is 3. The molecule has 0 atom stereocenters. The number of phenols is 1. The Morgan fingerprint density at radius 1 is 0.714 bits per heavy atom. The van der Waals surface area contributed by atoms with Crippen molar-refractivity contribution in [1.82, 2.24) is 14.5 Å². The second-order valence-corrected chi connectivity index (χ2v) is 9.13. The van der Waals surface area contributed by atoms with E-state index in [1.165, 1.54) is 10.9 Å². The maximum atomic E-state index is 10.6. The van der Waals surface area contributed by atoms with Gasteiger partial charge in [0.2, 0.25) is 5.88 Å². The lowest BCUT2D eigenvalue weighted by atomic mass is 10.1. The van der Waals surface area contributed by atoms with Crippen molar-refractivity contribution in [2.45, 2.75) is 27.7 Å². The fraction of sp³-hybridized carbons (Fsp3) is 0.133. The zero-order valence-electron chi connectivity index (χ0n) is 20.1. The summed E-state index contributed by atoms with van der Waals surface area (Å²) in [7, 11) is 0. The van der Waals surface area contributed by atoms with E-state index < -0.39 is 0 Å². The van der Waals surface area contributed by atoms with Crippen LogP contribution >= 0.6 is 0 Å². The number of pyridine rings is 2. The number of rotatable bonds is 3. The van der Waals surface area contributed by atoms with Crippen LogP contribution < -0.4 is 4.74 Å². The molecule has 0 aliphatic rings. The van der Waals surface area contributed by atoms with Crippen molar-refractivity contribution in [2.24, 2.45) is 0 Å². The Kier molecular flexibility index (Phi) is 4.74. The molecule has 0 amide bonds. The average Bonchev–Trinajstić information content (AvgIpc) is 3.17. The molecule has 0 aliphatic heterocycles. The number of fused-ring (bicyclic) bond motifs is 4. The highest BCUT2D eigenvalue weighted by Gasteiger charge is 2.16. The lowest BCUT2D eigenvalue weighted by Gasteiger charge is -2.11. The first kappa shape index (κ1) is 21.2. The average molecular weight is 460 g/mol. The van der Waals surface area contributed by atoms with Gasteiger partial charge in [0.15, 0.2) is 0 Å². The number of aromatic nitrogens is 3. The Morgan fingerprint density at radius 2 is 1.51 bits per heavy atom. The molecule has 0 bridgehead atoms. The van der Waals surface area contributed by atoms with Gasteiger partial charge in [0.1, 0.15) is 22.8 Å². The van der Waals surface area contributed by atoms with E-state index >= 15 is 0 Å². The molecule has 3 heterocycles. The fourth-order valence-corrected chi connectivity index (χ4v) is 4.95. The van der Waals surface area contributed by atoms with Gasteiger partial charge < -0.3 is 9.84 Å². The zero-order chi connectivity index (χ0) is 24.3. The molecule has 0 radical (unpaired) electrons. The third kappa shape index (κ3) is 3.39. The van der Waals surface area contributed by atoms with Crippen molar-refractivity contribution in [3.8, 4) is 23.2 Å². The Balaban J connectivity index is 1.53. The lowest BCUT2D eigenvalue weighted by molar-refractivity contribution is 0.459. The minimum atomic E-state index is 0.188. The summed E-state index contributed by atoms with van der Waals surface area (Å²) in [6.45, 7) is 8.03. The topological polar surface area (TPSA) is 60.2 Å². The van der Waals surface area contributed by atoms with Crippen LogP contribution in [0.15, 0.2) is 72.8 Å². The van der Waals surface area contributed by atoms with Gasteiger partial charge in [-0.2, -0.15) is 0 Å². The number of nitrogens with zero attached hydrogens (tertiary/aromatic N) is 3. The van der Waals surface area contributed by atoms with Gasteiger partial charge in [-0.1, -0.05) is 30.3 Å². The summed E-state index contributed by atoms with van der Waals surface area (Å²) in [5.74, 6) is 2.16. The van der Waals surface area contributed by atoms with Crippen LogP contribution in [0, 0.1) is 27.7 Å². The number of aryl methyl sites for hydroxylation is 4. The van der Waals surface area contributed by atoms with Crippen LogP contribution in [0.3, 0.4) is 0 Å². The SMILES string of the molecule is Cc1cccc(-n2c3cc(Oc4ccc5c(C)cc(C)c(O)c5n4)ccc3c3cccc(C)c32)n1. The highest BCUT2D eigenvalue weighted by atomic mass is 16.5. The van der Waals surface area contributed by atoms with E-state index in [0.717, 1.165) is 44.4 Å². The normalized spacial score (nSPS) is 11.5. The van der Waals surface area contributed by atoms with Crippen molar-refractivity contribution < 1.29 is 9.84 Å². The highest BCUT2D eigenvalue weighted by Crippen LogP contribution is 2.37. The number of ether oxygens (including phenoxy) is 1. The Bertz CT molecular complexity index is 1780. The van der Waals surface area contributed by atoms with Gasteiger partial charge in [-0.05, 0) is 74.7 Å². The summed E-state index contributed by atoms with van der Waals surface area (Å²) in [4.78, 5) is 9.44. The smallest absolute Gasteiger partial charge is 0.219 e. The third-order valence-electron chi connectivity index (χ3n) is 6.61. The summed E-state index contributed by atoms with van der Waals surface area (Å²) < 4.78 is 8.41. The molecule has 6 aromatic rings. The number of phenolic OH excluding ortho intramolecular Hbond substituents is 1. The van der Waals surface area contributed by atoms with E-state index in [-0.39, 0.29) is 5.75 Å². The van der Waals surface area contributed by atoms with Crippen molar-refractivity contribution in [3.05, 3.63) is 95.2 Å². The largest absolute Gasteiger partial charge is 0.505 e. The maximum absolute atomic E-state index is 10.6. The van der Waals surface area contributed by atoms with Crippen LogP contribution in [-0.2, 0) is 0 Å². The van der Waals surface area contributed by atoms with Crippen LogP contribution in [0.5, 0.6) is 17.4 Å². The van der Waals surface area contributed by atoms with Crippen LogP contribution in [0.4, 0.5) is 0 Å². The van der Waals surface area contributed by atoms with E-state index in [2.05, 4.69) is 40.7 Å². The molecular formula is C30H25N3O2. The Morgan fingerprint density at radius 3 is 2.34 bits per heavy atom. The molecule has 35 heavy (non-hydrogen) atoms. The first-order valence-electron chi connectivity index (χ1n) is 11.7. The summed E-state index contributed by atoms with van der Waals surface area (Å²) in [6.07, 6.45) is 0. The van der Waals surface area contributed by atoms with Crippen LogP contribution in [0.2, 0.25) is 0 Å². The standard InChI is InChI=1S/C30H25N3O2/c1-17-7-5-9-24-23-12-11-21(16-25(23)33(29(17)24)26-10-6-8-20(4)31-26)35-27-14-13-22-18(2)15-19(3)30(34)28(22)32-27/h5-16,34H,1-4H3. The third-order valence-corrected chi connectivity index (χ3v) is 6.61. The molecule has 5 heteroatoms. The first-order valence-corrected chi connectivity index (χ1v) is 11.7. The minimum absolute atomic E-state index is 0.188. The van der Waals surface area contributed by atoms with Crippen LogP contribution in [0.1, 0.15) is 22.4 Å². The van der Waals surface area contributed by atoms with Crippen molar-refractivity contribution in [3.63, 3.8) is 0 Å². The summed E-state index contributed by atoms with van der Waals surface area (Å²) in [5.41, 5.74) is 6.71. The molecule has 0 spiro atoms. The highest BCUT2D eigenvalue weighted by molar-refractivity contribution is 6.10.